The number of anilines is 1. The van der Waals surface area contributed by atoms with Crippen LogP contribution in [0.5, 0.6) is 5.75 Å². The highest BCUT2D eigenvalue weighted by Gasteiger charge is 2.14. The second-order valence-electron chi connectivity index (χ2n) is 4.78. The number of nitrogens with one attached hydrogen (secondary N) is 1. The molecule has 0 radical (unpaired) electrons. The molecule has 9 heteroatoms. The summed E-state index contributed by atoms with van der Waals surface area (Å²) in [5, 5.41) is 13.1. The summed E-state index contributed by atoms with van der Waals surface area (Å²) in [4.78, 5) is 33.4. The lowest BCUT2D eigenvalue weighted by Gasteiger charge is -2.09. The summed E-state index contributed by atoms with van der Waals surface area (Å²) in [6, 6.07) is 8.78. The number of hydrogen-bond donors (Lipinski definition) is 1. The van der Waals surface area contributed by atoms with Crippen LogP contribution in [0.1, 0.15) is 10.4 Å². The Kier molecular flexibility index (Phi) is 5.62. The number of non-ortho nitro benzene ring substituents is 1. The van der Waals surface area contributed by atoms with E-state index in [-0.39, 0.29) is 22.7 Å². The summed E-state index contributed by atoms with van der Waals surface area (Å²) in [5.74, 6) is -2.09. The SMILES string of the molecule is COC(=O)c1cc(NC(=O)COc2cccc([N+](=O)[O-])c2)ccc1F. The summed E-state index contributed by atoms with van der Waals surface area (Å²) in [7, 11) is 1.11. The Bertz CT molecular complexity index is 824. The molecule has 2 rings (SSSR count). The van der Waals surface area contributed by atoms with Crippen molar-refractivity contribution in [3.8, 4) is 5.75 Å². The van der Waals surface area contributed by atoms with Gasteiger partial charge in [-0.15, -0.1) is 0 Å². The molecule has 25 heavy (non-hydrogen) atoms. The van der Waals surface area contributed by atoms with Gasteiger partial charge in [0.05, 0.1) is 23.7 Å². The Morgan fingerprint density at radius 2 is 2.00 bits per heavy atom. The Morgan fingerprint density at radius 1 is 1.24 bits per heavy atom. The van der Waals surface area contributed by atoms with Crippen LogP contribution in [0.25, 0.3) is 0 Å². The molecule has 0 aliphatic rings. The van der Waals surface area contributed by atoms with Gasteiger partial charge in [0.15, 0.2) is 6.61 Å². The van der Waals surface area contributed by atoms with Crippen molar-refractivity contribution < 1.29 is 28.4 Å². The fourth-order valence-corrected chi connectivity index (χ4v) is 1.90. The zero-order chi connectivity index (χ0) is 18.4. The van der Waals surface area contributed by atoms with Gasteiger partial charge in [0, 0.05) is 11.8 Å². The van der Waals surface area contributed by atoms with Gasteiger partial charge < -0.3 is 14.8 Å². The number of benzene rings is 2. The highest BCUT2D eigenvalue weighted by atomic mass is 19.1. The highest BCUT2D eigenvalue weighted by Crippen LogP contribution is 2.19. The molecule has 0 bridgehead atoms. The third-order valence-electron chi connectivity index (χ3n) is 3.05. The van der Waals surface area contributed by atoms with Crippen molar-refractivity contribution in [1.29, 1.82) is 0 Å². The van der Waals surface area contributed by atoms with Gasteiger partial charge in [-0.3, -0.25) is 14.9 Å². The molecule has 2 aromatic rings. The van der Waals surface area contributed by atoms with Crippen LogP contribution in [0, 0.1) is 15.9 Å². The molecular formula is C16H13FN2O6. The number of halogens is 1. The Balaban J connectivity index is 2.00. The van der Waals surface area contributed by atoms with E-state index in [1.165, 1.54) is 30.3 Å². The summed E-state index contributed by atoms with van der Waals surface area (Å²) < 4.78 is 23.1. The van der Waals surface area contributed by atoms with Gasteiger partial charge in [0.25, 0.3) is 11.6 Å². The number of rotatable bonds is 6. The maximum atomic E-state index is 13.5. The number of methoxy groups -OCH3 is 1. The molecule has 0 aliphatic carbocycles. The van der Waals surface area contributed by atoms with Crippen molar-refractivity contribution in [1.82, 2.24) is 0 Å². The lowest BCUT2D eigenvalue weighted by atomic mass is 10.2. The number of carbonyl (C=O) groups excluding carboxylic acids is 2. The summed E-state index contributed by atoms with van der Waals surface area (Å²) in [5.41, 5.74) is -0.312. The molecule has 0 fully saturated rings. The lowest BCUT2D eigenvalue weighted by Crippen LogP contribution is -2.20. The largest absolute Gasteiger partial charge is 0.484 e. The molecule has 2 aromatic carbocycles. The molecule has 0 atom stereocenters. The van der Waals surface area contributed by atoms with Gasteiger partial charge in [-0.1, -0.05) is 6.07 Å². The third kappa shape index (κ3) is 4.74. The van der Waals surface area contributed by atoms with Crippen molar-refractivity contribution in [3.63, 3.8) is 0 Å². The standard InChI is InChI=1S/C16H13FN2O6/c1-24-16(21)13-7-10(5-6-14(13)17)18-15(20)9-25-12-4-2-3-11(8-12)19(22)23/h2-8H,9H2,1H3,(H,18,20). The average molecular weight is 348 g/mol. The van der Waals surface area contributed by atoms with E-state index in [0.29, 0.717) is 0 Å². The quantitative estimate of drug-likeness (QED) is 0.488. The molecule has 0 unspecified atom stereocenters. The molecule has 0 heterocycles. The number of hydrogen-bond acceptors (Lipinski definition) is 6. The fraction of sp³-hybridized carbons (Fsp3) is 0.125. The minimum Gasteiger partial charge on any atom is -0.484 e. The number of nitro groups is 1. The number of esters is 1. The average Bonchev–Trinajstić information content (AvgIpc) is 2.61. The molecule has 1 N–H and O–H groups in total. The van der Waals surface area contributed by atoms with Gasteiger partial charge in [-0.05, 0) is 24.3 Å². The van der Waals surface area contributed by atoms with Gasteiger partial charge in [0.2, 0.25) is 0 Å². The minimum atomic E-state index is -0.874. The maximum Gasteiger partial charge on any atom is 0.340 e. The van der Waals surface area contributed by atoms with E-state index in [1.54, 1.807) is 0 Å². The van der Waals surface area contributed by atoms with E-state index in [2.05, 4.69) is 10.1 Å². The maximum absolute atomic E-state index is 13.5. The van der Waals surface area contributed by atoms with Crippen LogP contribution in [-0.4, -0.2) is 30.5 Å². The molecule has 1 amide bonds. The smallest absolute Gasteiger partial charge is 0.340 e. The van der Waals surface area contributed by atoms with Crippen LogP contribution in [0.4, 0.5) is 15.8 Å². The summed E-state index contributed by atoms with van der Waals surface area (Å²) in [6.45, 7) is -0.425. The first-order valence-electron chi connectivity index (χ1n) is 6.95. The van der Waals surface area contributed by atoms with E-state index in [1.807, 2.05) is 0 Å². The minimum absolute atomic E-state index is 0.152. The Hall–Kier alpha value is -3.49. The number of amides is 1. The van der Waals surface area contributed by atoms with Crippen LogP contribution in [0.3, 0.4) is 0 Å². The Morgan fingerprint density at radius 3 is 2.68 bits per heavy atom. The molecular weight excluding hydrogens is 335 g/mol. The van der Waals surface area contributed by atoms with E-state index < -0.39 is 29.2 Å². The van der Waals surface area contributed by atoms with Crippen molar-refractivity contribution in [2.24, 2.45) is 0 Å². The predicted octanol–water partition coefficient (Wildman–Crippen LogP) is 2.54. The van der Waals surface area contributed by atoms with Gasteiger partial charge >= 0.3 is 5.97 Å². The monoisotopic (exact) mass is 348 g/mol. The van der Waals surface area contributed by atoms with Crippen LogP contribution in [0.2, 0.25) is 0 Å². The first-order valence-corrected chi connectivity index (χ1v) is 6.95. The fourth-order valence-electron chi connectivity index (χ4n) is 1.90. The normalized spacial score (nSPS) is 10.0. The second kappa shape index (κ2) is 7.86. The Labute approximate surface area is 141 Å². The molecule has 0 aromatic heterocycles. The predicted molar refractivity (Wildman–Crippen MR) is 85.0 cm³/mol. The zero-order valence-electron chi connectivity index (χ0n) is 13.0. The topological polar surface area (TPSA) is 108 Å². The van der Waals surface area contributed by atoms with Crippen molar-refractivity contribution >= 4 is 23.3 Å². The first kappa shape index (κ1) is 17.9. The number of carbonyl (C=O) groups is 2. The highest BCUT2D eigenvalue weighted by molar-refractivity contribution is 5.95. The first-order chi connectivity index (χ1) is 11.9. The molecule has 0 saturated carbocycles. The molecule has 8 nitrogen and oxygen atoms in total. The van der Waals surface area contributed by atoms with Crippen LogP contribution in [-0.2, 0) is 9.53 Å². The van der Waals surface area contributed by atoms with Gasteiger partial charge in [-0.25, -0.2) is 9.18 Å². The molecule has 130 valence electrons. The van der Waals surface area contributed by atoms with Crippen molar-refractivity contribution in [2.45, 2.75) is 0 Å². The van der Waals surface area contributed by atoms with E-state index in [0.717, 1.165) is 19.2 Å². The van der Waals surface area contributed by atoms with Crippen LogP contribution < -0.4 is 10.1 Å². The molecule has 0 spiro atoms. The molecule has 0 saturated heterocycles. The van der Waals surface area contributed by atoms with Gasteiger partial charge in [0.1, 0.15) is 11.6 Å². The molecule has 0 aliphatic heterocycles. The third-order valence-corrected chi connectivity index (χ3v) is 3.05. The number of nitrogens with zero attached hydrogens (tertiary/aromatic N) is 1. The number of nitro benzene ring substituents is 1. The van der Waals surface area contributed by atoms with Crippen molar-refractivity contribution in [3.05, 3.63) is 64.0 Å². The van der Waals surface area contributed by atoms with E-state index in [4.69, 9.17) is 4.74 Å². The van der Waals surface area contributed by atoms with Gasteiger partial charge in [-0.2, -0.15) is 0 Å². The van der Waals surface area contributed by atoms with Crippen LogP contribution in [0.15, 0.2) is 42.5 Å². The summed E-state index contributed by atoms with van der Waals surface area (Å²) in [6.07, 6.45) is 0. The van der Waals surface area contributed by atoms with Crippen molar-refractivity contribution in [2.75, 3.05) is 19.0 Å². The lowest BCUT2D eigenvalue weighted by molar-refractivity contribution is -0.384. The zero-order valence-corrected chi connectivity index (χ0v) is 13.0. The number of ether oxygens (including phenoxy) is 2. The van der Waals surface area contributed by atoms with E-state index >= 15 is 0 Å². The summed E-state index contributed by atoms with van der Waals surface area (Å²) >= 11 is 0. The van der Waals surface area contributed by atoms with Crippen LogP contribution >= 0.6 is 0 Å². The van der Waals surface area contributed by atoms with E-state index in [9.17, 15) is 24.1 Å². The second-order valence-corrected chi connectivity index (χ2v) is 4.78.